The number of hydrogen-bond donors (Lipinski definition) is 0. The summed E-state index contributed by atoms with van der Waals surface area (Å²) in [6, 6.07) is 11.2. The van der Waals surface area contributed by atoms with E-state index >= 15 is 0 Å². The predicted molar refractivity (Wildman–Crippen MR) is 54.5 cm³/mol. The van der Waals surface area contributed by atoms with Crippen molar-refractivity contribution in [1.82, 2.24) is 0 Å². The zero-order chi connectivity index (χ0) is 9.68. The Morgan fingerprint density at radius 3 is 2.69 bits per heavy atom. The molecular weight excluding hydrogens is 174 g/mol. The molecule has 0 fully saturated rings. The maximum absolute atomic E-state index is 8.93. The van der Waals surface area contributed by atoms with Crippen molar-refractivity contribution < 1.29 is 0 Å². The molecule has 1 atom stereocenters. The van der Waals surface area contributed by atoms with Crippen molar-refractivity contribution >= 4 is 10.2 Å². The largest absolute Gasteiger partial charge is 0.198 e. The van der Waals surface area contributed by atoms with Crippen molar-refractivity contribution in [2.24, 2.45) is 0 Å². The van der Waals surface area contributed by atoms with E-state index in [1.165, 1.54) is 5.56 Å². The molecule has 0 aliphatic carbocycles. The van der Waals surface area contributed by atoms with E-state index in [1.54, 1.807) is 0 Å². The van der Waals surface area contributed by atoms with E-state index in [1.807, 2.05) is 25.1 Å². The van der Waals surface area contributed by atoms with Crippen molar-refractivity contribution in [3.63, 3.8) is 0 Å². The molecule has 1 nitrogen and oxygen atoms in total. The summed E-state index contributed by atoms with van der Waals surface area (Å²) in [6.07, 6.45) is 0.875. The minimum absolute atomic E-state index is 0.0348. The molecule has 0 aliphatic heterocycles. The highest BCUT2D eigenvalue weighted by Crippen LogP contribution is 2.22. The molecule has 0 saturated carbocycles. The van der Waals surface area contributed by atoms with Gasteiger partial charge in [0, 0.05) is 10.2 Å². The lowest BCUT2D eigenvalue weighted by Gasteiger charge is -2.10. The summed E-state index contributed by atoms with van der Waals surface area (Å²) in [7, 11) is 3.47. The molecule has 1 aromatic carbocycles. The first-order valence-corrected chi connectivity index (χ1v) is 5.16. The minimum atomic E-state index is 0.0348. The number of rotatable bonds is 3. The summed E-state index contributed by atoms with van der Waals surface area (Å²) >= 11 is 0. The van der Waals surface area contributed by atoms with Crippen LogP contribution in [0.2, 0.25) is 0 Å². The van der Waals surface area contributed by atoms with Crippen LogP contribution in [0.4, 0.5) is 0 Å². The summed E-state index contributed by atoms with van der Waals surface area (Å²) in [5.41, 5.74) is 2.37. The van der Waals surface area contributed by atoms with E-state index in [-0.39, 0.29) is 5.92 Å². The fourth-order valence-electron chi connectivity index (χ4n) is 1.42. The van der Waals surface area contributed by atoms with Crippen molar-refractivity contribution in [3.8, 4) is 6.07 Å². The van der Waals surface area contributed by atoms with Crippen molar-refractivity contribution in [2.75, 3.05) is 0 Å². The van der Waals surface area contributed by atoms with Gasteiger partial charge in [0.1, 0.15) is 0 Å². The third-order valence-electron chi connectivity index (χ3n) is 2.19. The molecule has 0 saturated heterocycles. The summed E-state index contributed by atoms with van der Waals surface area (Å²) in [4.78, 5) is 0. The van der Waals surface area contributed by atoms with E-state index in [4.69, 9.17) is 5.26 Å². The Morgan fingerprint density at radius 2 is 2.15 bits per heavy atom. The monoisotopic (exact) mass is 186 g/mol. The van der Waals surface area contributed by atoms with Crippen LogP contribution in [-0.4, -0.2) is 10.2 Å². The summed E-state index contributed by atoms with van der Waals surface area (Å²) in [5, 5.41) is 8.93. The maximum atomic E-state index is 8.93. The predicted octanol–water partition coefficient (Wildman–Crippen LogP) is 2.37. The van der Waals surface area contributed by atoms with Gasteiger partial charge in [-0.2, -0.15) is 5.26 Å². The van der Waals surface area contributed by atoms with E-state index in [0.717, 1.165) is 18.0 Å². The molecule has 0 heterocycles. The fourth-order valence-corrected chi connectivity index (χ4v) is 1.74. The lowest BCUT2D eigenvalue weighted by atomic mass is 9.94. The van der Waals surface area contributed by atoms with Gasteiger partial charge in [0.25, 0.3) is 0 Å². The quantitative estimate of drug-likeness (QED) is 0.665. The molecule has 0 amide bonds. The van der Waals surface area contributed by atoms with Crippen LogP contribution < -0.4 is 0 Å². The van der Waals surface area contributed by atoms with E-state index in [9.17, 15) is 0 Å². The van der Waals surface area contributed by atoms with Gasteiger partial charge >= 0.3 is 0 Å². The first kappa shape index (κ1) is 10.0. The van der Waals surface area contributed by atoms with E-state index in [2.05, 4.69) is 22.4 Å². The number of benzene rings is 1. The van der Waals surface area contributed by atoms with Gasteiger partial charge in [-0.25, -0.2) is 0 Å². The molecule has 13 heavy (non-hydrogen) atoms. The van der Waals surface area contributed by atoms with E-state index < -0.39 is 0 Å². The number of hydrogen-bond acceptors (Lipinski definition) is 1. The van der Waals surface area contributed by atoms with Gasteiger partial charge in [-0.15, -0.1) is 0 Å². The third-order valence-corrected chi connectivity index (χ3v) is 2.57. The zero-order valence-corrected chi connectivity index (χ0v) is 8.75. The van der Waals surface area contributed by atoms with Crippen LogP contribution >= 0.6 is 0 Å². The van der Waals surface area contributed by atoms with Gasteiger partial charge in [0.05, 0.1) is 12.0 Å². The van der Waals surface area contributed by atoms with E-state index in [0.29, 0.717) is 0 Å². The average Bonchev–Trinajstić information content (AvgIpc) is 2.20. The SMILES string of the molecule is CCC(C#N)c1ccccc1C[Si]. The number of nitrogens with zero attached hydrogens (tertiary/aromatic N) is 1. The molecule has 1 aromatic rings. The normalized spacial score (nSPS) is 12.1. The molecule has 65 valence electrons. The smallest absolute Gasteiger partial charge is 0.0712 e. The van der Waals surface area contributed by atoms with Crippen LogP contribution in [0, 0.1) is 11.3 Å². The Bertz CT molecular complexity index is 314. The number of nitriles is 1. The highest BCUT2D eigenvalue weighted by molar-refractivity contribution is 6.08. The van der Waals surface area contributed by atoms with Crippen LogP contribution in [0.5, 0.6) is 0 Å². The molecule has 3 radical (unpaired) electrons. The molecule has 0 spiro atoms. The van der Waals surface area contributed by atoms with Crippen LogP contribution in [0.1, 0.15) is 30.4 Å². The summed E-state index contributed by atoms with van der Waals surface area (Å²) < 4.78 is 0. The Balaban J connectivity index is 3.05. The van der Waals surface area contributed by atoms with Gasteiger partial charge in [-0.1, -0.05) is 31.2 Å². The first-order valence-electron chi connectivity index (χ1n) is 4.45. The molecule has 2 heteroatoms. The van der Waals surface area contributed by atoms with Crippen LogP contribution in [-0.2, 0) is 6.04 Å². The van der Waals surface area contributed by atoms with Crippen LogP contribution in [0.25, 0.3) is 0 Å². The van der Waals surface area contributed by atoms with Crippen LogP contribution in [0.15, 0.2) is 24.3 Å². The lowest BCUT2D eigenvalue weighted by Crippen LogP contribution is -1.99. The van der Waals surface area contributed by atoms with Crippen molar-refractivity contribution in [2.45, 2.75) is 25.3 Å². The second kappa shape index (κ2) is 4.83. The maximum Gasteiger partial charge on any atom is 0.0712 e. The Hall–Kier alpha value is -1.07. The lowest BCUT2D eigenvalue weighted by molar-refractivity contribution is 0.810. The average molecular weight is 186 g/mol. The molecule has 0 bridgehead atoms. The van der Waals surface area contributed by atoms with Crippen molar-refractivity contribution in [1.29, 1.82) is 5.26 Å². The second-order valence-corrected chi connectivity index (χ2v) is 3.32. The Kier molecular flexibility index (Phi) is 3.72. The first-order chi connectivity index (χ1) is 6.33. The second-order valence-electron chi connectivity index (χ2n) is 2.97. The van der Waals surface area contributed by atoms with Gasteiger partial charge in [-0.05, 0) is 23.6 Å². The standard InChI is InChI=1S/C11H12NSi/c1-2-9(7-12)11-6-4-3-5-10(11)8-13/h3-6,9H,2,8H2,1H3. The minimum Gasteiger partial charge on any atom is -0.198 e. The molecule has 1 rings (SSSR count). The highest BCUT2D eigenvalue weighted by Gasteiger charge is 2.10. The molecule has 0 aromatic heterocycles. The molecule has 0 N–H and O–H groups in total. The van der Waals surface area contributed by atoms with Gasteiger partial charge < -0.3 is 0 Å². The Labute approximate surface area is 82.8 Å². The van der Waals surface area contributed by atoms with Crippen LogP contribution in [0.3, 0.4) is 0 Å². The van der Waals surface area contributed by atoms with Crippen molar-refractivity contribution in [3.05, 3.63) is 35.4 Å². The third kappa shape index (κ3) is 2.19. The topological polar surface area (TPSA) is 23.8 Å². The Morgan fingerprint density at radius 1 is 1.46 bits per heavy atom. The highest BCUT2D eigenvalue weighted by atomic mass is 28.1. The van der Waals surface area contributed by atoms with Gasteiger partial charge in [0.15, 0.2) is 0 Å². The molecule has 1 unspecified atom stereocenters. The summed E-state index contributed by atoms with van der Waals surface area (Å²) in [6.45, 7) is 2.04. The molecule has 0 aliphatic rings. The van der Waals surface area contributed by atoms with Gasteiger partial charge in [0.2, 0.25) is 0 Å². The zero-order valence-electron chi connectivity index (χ0n) is 7.75. The van der Waals surface area contributed by atoms with Gasteiger partial charge in [-0.3, -0.25) is 0 Å². The molecular formula is C11H12NSi. The fraction of sp³-hybridized carbons (Fsp3) is 0.364. The summed E-state index contributed by atoms with van der Waals surface area (Å²) in [5.74, 6) is 0.0348.